The minimum absolute atomic E-state index is 0.0719. The van der Waals surface area contributed by atoms with E-state index in [1.165, 1.54) is 19.2 Å². The second kappa shape index (κ2) is 3.10. The summed E-state index contributed by atoms with van der Waals surface area (Å²) in [6, 6.07) is 1.36. The Morgan fingerprint density at radius 3 is 2.67 bits per heavy atom. The molecule has 0 spiro atoms. The summed E-state index contributed by atoms with van der Waals surface area (Å²) in [5.41, 5.74) is -1.02. The minimum atomic E-state index is -4.50. The van der Waals surface area contributed by atoms with Crippen molar-refractivity contribution in [2.24, 2.45) is 0 Å². The molecule has 2 aromatic rings. The Morgan fingerprint density at radius 2 is 2.07 bits per heavy atom. The summed E-state index contributed by atoms with van der Waals surface area (Å²) in [6.07, 6.45) is -3.16. The van der Waals surface area contributed by atoms with Gasteiger partial charge in [0.1, 0.15) is 5.15 Å². The SMILES string of the molecule is Cc1c(C(F)(F)F)nc2ccnn2c1Cl. The second-order valence-electron chi connectivity index (χ2n) is 2.98. The van der Waals surface area contributed by atoms with E-state index in [2.05, 4.69) is 10.1 Å². The summed E-state index contributed by atoms with van der Waals surface area (Å²) in [5, 5.41) is 3.69. The first-order valence-electron chi connectivity index (χ1n) is 3.98. The monoisotopic (exact) mass is 235 g/mol. The number of hydrogen-bond donors (Lipinski definition) is 0. The highest BCUT2D eigenvalue weighted by Gasteiger charge is 2.36. The Morgan fingerprint density at radius 1 is 1.40 bits per heavy atom. The molecule has 0 saturated heterocycles. The maximum Gasteiger partial charge on any atom is 0.433 e. The van der Waals surface area contributed by atoms with Crippen LogP contribution in [0.15, 0.2) is 12.3 Å². The molecule has 0 amide bonds. The Labute approximate surface area is 87.5 Å². The van der Waals surface area contributed by atoms with Crippen LogP contribution in [0.25, 0.3) is 5.65 Å². The predicted molar refractivity (Wildman–Crippen MR) is 47.7 cm³/mol. The van der Waals surface area contributed by atoms with Crippen LogP contribution in [0.2, 0.25) is 5.15 Å². The zero-order valence-electron chi connectivity index (χ0n) is 7.51. The molecule has 0 bridgehead atoms. The van der Waals surface area contributed by atoms with Gasteiger partial charge in [-0.05, 0) is 6.92 Å². The van der Waals surface area contributed by atoms with Crippen LogP contribution in [0.4, 0.5) is 13.2 Å². The van der Waals surface area contributed by atoms with Crippen molar-refractivity contribution in [3.63, 3.8) is 0 Å². The third kappa shape index (κ3) is 1.54. The van der Waals surface area contributed by atoms with E-state index in [4.69, 9.17) is 11.6 Å². The molecular weight excluding hydrogens is 231 g/mol. The van der Waals surface area contributed by atoms with Crippen molar-refractivity contribution >= 4 is 17.2 Å². The molecule has 2 aromatic heterocycles. The van der Waals surface area contributed by atoms with Gasteiger partial charge in [0.05, 0.1) is 6.20 Å². The third-order valence-electron chi connectivity index (χ3n) is 1.97. The van der Waals surface area contributed by atoms with Crippen LogP contribution in [0.1, 0.15) is 11.3 Å². The number of alkyl halides is 3. The molecule has 0 atom stereocenters. The van der Waals surface area contributed by atoms with Crippen molar-refractivity contribution in [3.8, 4) is 0 Å². The fraction of sp³-hybridized carbons (Fsp3) is 0.250. The lowest BCUT2D eigenvalue weighted by molar-refractivity contribution is -0.141. The van der Waals surface area contributed by atoms with Gasteiger partial charge in [0, 0.05) is 11.6 Å². The minimum Gasteiger partial charge on any atom is -0.224 e. The fourth-order valence-electron chi connectivity index (χ4n) is 1.26. The Hall–Kier alpha value is -1.30. The second-order valence-corrected chi connectivity index (χ2v) is 3.33. The van der Waals surface area contributed by atoms with Crippen molar-refractivity contribution in [2.45, 2.75) is 13.1 Å². The van der Waals surface area contributed by atoms with Crippen LogP contribution in [-0.4, -0.2) is 14.6 Å². The summed E-state index contributed by atoms with van der Waals surface area (Å²) >= 11 is 5.74. The highest BCUT2D eigenvalue weighted by atomic mass is 35.5. The van der Waals surface area contributed by atoms with Crippen LogP contribution in [0.5, 0.6) is 0 Å². The zero-order valence-corrected chi connectivity index (χ0v) is 8.26. The van der Waals surface area contributed by atoms with Crippen molar-refractivity contribution in [2.75, 3.05) is 0 Å². The Kier molecular flexibility index (Phi) is 2.11. The van der Waals surface area contributed by atoms with Gasteiger partial charge in [-0.1, -0.05) is 11.6 Å². The molecule has 0 N–H and O–H groups in total. The van der Waals surface area contributed by atoms with Gasteiger partial charge >= 0.3 is 6.18 Å². The summed E-state index contributed by atoms with van der Waals surface area (Å²) in [7, 11) is 0. The largest absolute Gasteiger partial charge is 0.433 e. The average Bonchev–Trinajstić information content (AvgIpc) is 2.57. The lowest BCUT2D eigenvalue weighted by Crippen LogP contribution is -2.13. The summed E-state index contributed by atoms with van der Waals surface area (Å²) < 4.78 is 38.7. The topological polar surface area (TPSA) is 30.2 Å². The molecule has 0 aromatic carbocycles. The number of aromatic nitrogens is 3. The lowest BCUT2D eigenvalue weighted by Gasteiger charge is -2.10. The molecule has 2 rings (SSSR count). The van der Waals surface area contributed by atoms with Gasteiger partial charge in [-0.15, -0.1) is 0 Å². The van der Waals surface area contributed by atoms with E-state index in [1.54, 1.807) is 0 Å². The molecule has 7 heteroatoms. The normalized spacial score (nSPS) is 12.3. The molecule has 0 saturated carbocycles. The van der Waals surface area contributed by atoms with E-state index >= 15 is 0 Å². The van der Waals surface area contributed by atoms with Crippen molar-refractivity contribution in [1.29, 1.82) is 0 Å². The van der Waals surface area contributed by atoms with Crippen LogP contribution < -0.4 is 0 Å². The average molecular weight is 236 g/mol. The maximum absolute atomic E-state index is 12.5. The van der Waals surface area contributed by atoms with Gasteiger partial charge in [-0.2, -0.15) is 18.3 Å². The Bertz CT molecular complexity index is 518. The Balaban J connectivity index is 2.82. The van der Waals surface area contributed by atoms with Gasteiger partial charge in [0.2, 0.25) is 0 Å². The zero-order chi connectivity index (χ0) is 11.2. The van der Waals surface area contributed by atoms with E-state index in [0.29, 0.717) is 0 Å². The first kappa shape index (κ1) is 10.2. The molecule has 0 radical (unpaired) electrons. The van der Waals surface area contributed by atoms with E-state index in [0.717, 1.165) is 4.52 Å². The number of nitrogens with zero attached hydrogens (tertiary/aromatic N) is 3. The van der Waals surface area contributed by atoms with Gasteiger partial charge in [0.15, 0.2) is 11.3 Å². The first-order valence-corrected chi connectivity index (χ1v) is 4.36. The van der Waals surface area contributed by atoms with E-state index in [-0.39, 0.29) is 16.4 Å². The molecular formula is C8H5ClF3N3. The molecule has 2 heterocycles. The van der Waals surface area contributed by atoms with Crippen LogP contribution in [0, 0.1) is 6.92 Å². The summed E-state index contributed by atoms with van der Waals surface area (Å²) in [5.74, 6) is 0. The standard InChI is InChI=1S/C8H5ClF3N3/c1-4-6(8(10,11)12)14-5-2-3-13-15(5)7(4)9/h2-3H,1H3. The molecule has 0 aliphatic heterocycles. The third-order valence-corrected chi connectivity index (χ3v) is 2.41. The van der Waals surface area contributed by atoms with Crippen LogP contribution >= 0.6 is 11.6 Å². The van der Waals surface area contributed by atoms with Crippen molar-refractivity contribution < 1.29 is 13.2 Å². The summed E-state index contributed by atoms with van der Waals surface area (Å²) in [6.45, 7) is 1.26. The van der Waals surface area contributed by atoms with Crippen molar-refractivity contribution in [1.82, 2.24) is 14.6 Å². The smallest absolute Gasteiger partial charge is 0.224 e. The molecule has 0 fully saturated rings. The highest BCUT2D eigenvalue weighted by molar-refractivity contribution is 6.30. The molecule has 80 valence electrons. The molecule has 0 aliphatic carbocycles. The lowest BCUT2D eigenvalue weighted by atomic mass is 10.2. The quantitative estimate of drug-likeness (QED) is 0.657. The van der Waals surface area contributed by atoms with E-state index < -0.39 is 11.9 Å². The molecule has 0 aliphatic rings. The highest BCUT2D eigenvalue weighted by Crippen LogP contribution is 2.33. The number of rotatable bonds is 0. The van der Waals surface area contributed by atoms with E-state index in [1.807, 2.05) is 0 Å². The molecule has 0 unspecified atom stereocenters. The predicted octanol–water partition coefficient (Wildman–Crippen LogP) is 2.71. The fourth-order valence-corrected chi connectivity index (χ4v) is 1.48. The molecule has 3 nitrogen and oxygen atoms in total. The summed E-state index contributed by atoms with van der Waals surface area (Å²) in [4.78, 5) is 3.46. The number of fused-ring (bicyclic) bond motifs is 1. The van der Waals surface area contributed by atoms with Crippen LogP contribution in [-0.2, 0) is 6.18 Å². The van der Waals surface area contributed by atoms with Crippen molar-refractivity contribution in [3.05, 3.63) is 28.7 Å². The van der Waals surface area contributed by atoms with Crippen LogP contribution in [0.3, 0.4) is 0 Å². The number of hydrogen-bond acceptors (Lipinski definition) is 2. The van der Waals surface area contributed by atoms with Gasteiger partial charge in [0.25, 0.3) is 0 Å². The van der Waals surface area contributed by atoms with Gasteiger partial charge in [-0.25, -0.2) is 9.50 Å². The first-order chi connectivity index (χ1) is 6.91. The van der Waals surface area contributed by atoms with E-state index in [9.17, 15) is 13.2 Å². The molecule has 15 heavy (non-hydrogen) atoms. The van der Waals surface area contributed by atoms with Gasteiger partial charge in [-0.3, -0.25) is 0 Å². The maximum atomic E-state index is 12.5. The number of halogens is 4. The van der Waals surface area contributed by atoms with Gasteiger partial charge < -0.3 is 0 Å².